The Kier molecular flexibility index (Phi) is 6.05. The number of aromatic carboxylic acids is 1. The van der Waals surface area contributed by atoms with E-state index < -0.39 is 11.9 Å². The summed E-state index contributed by atoms with van der Waals surface area (Å²) in [5, 5.41) is 21.6. The Bertz CT molecular complexity index is 1200. The molecule has 0 spiro atoms. The lowest BCUT2D eigenvalue weighted by molar-refractivity contribution is -0.112. The van der Waals surface area contributed by atoms with Gasteiger partial charge in [0.2, 0.25) is 0 Å². The van der Waals surface area contributed by atoms with Crippen molar-refractivity contribution in [1.29, 1.82) is 5.26 Å². The number of carboxylic acid groups (broad SMARTS) is 1. The summed E-state index contributed by atoms with van der Waals surface area (Å²) in [6.07, 6.45) is 1.32. The van der Waals surface area contributed by atoms with Crippen LogP contribution in [0, 0.1) is 25.2 Å². The maximum atomic E-state index is 12.5. The number of aryl methyl sites for hydroxylation is 2. The summed E-state index contributed by atoms with van der Waals surface area (Å²) in [5.41, 5.74) is 2.90. The first-order chi connectivity index (χ1) is 14.3. The van der Waals surface area contributed by atoms with Crippen molar-refractivity contribution in [2.75, 3.05) is 5.32 Å². The molecule has 0 atom stereocenters. The van der Waals surface area contributed by atoms with Crippen LogP contribution in [0.15, 0.2) is 58.5 Å². The van der Waals surface area contributed by atoms with Gasteiger partial charge in [0.1, 0.15) is 23.2 Å². The molecule has 0 saturated heterocycles. The number of carboxylic acids is 1. The molecule has 150 valence electrons. The molecular weight excluding hydrogens is 404 g/mol. The third-order valence-electron chi connectivity index (χ3n) is 4.24. The first-order valence-electron chi connectivity index (χ1n) is 8.91. The van der Waals surface area contributed by atoms with Gasteiger partial charge in [0.15, 0.2) is 0 Å². The van der Waals surface area contributed by atoms with Gasteiger partial charge >= 0.3 is 5.97 Å². The number of halogens is 1. The summed E-state index contributed by atoms with van der Waals surface area (Å²) in [4.78, 5) is 23.7. The monoisotopic (exact) mass is 420 g/mol. The average Bonchev–Trinajstić information content (AvgIpc) is 3.13. The van der Waals surface area contributed by atoms with Crippen molar-refractivity contribution in [3.05, 3.63) is 81.6 Å². The van der Waals surface area contributed by atoms with E-state index in [0.29, 0.717) is 22.0 Å². The number of benzene rings is 2. The fraction of sp³-hybridized carbons (Fsp3) is 0.0870. The minimum Gasteiger partial charge on any atom is -0.478 e. The van der Waals surface area contributed by atoms with Gasteiger partial charge in [-0.05, 0) is 67.4 Å². The third kappa shape index (κ3) is 4.77. The lowest BCUT2D eigenvalue weighted by Gasteiger charge is -2.06. The Hall–Kier alpha value is -3.82. The van der Waals surface area contributed by atoms with E-state index in [-0.39, 0.29) is 16.9 Å². The number of amides is 1. The molecule has 3 rings (SSSR count). The van der Waals surface area contributed by atoms with Crippen LogP contribution >= 0.6 is 11.6 Å². The minimum atomic E-state index is -1.09. The number of nitriles is 1. The van der Waals surface area contributed by atoms with Gasteiger partial charge in [0.05, 0.1) is 10.6 Å². The zero-order valence-electron chi connectivity index (χ0n) is 16.2. The number of nitrogens with zero attached hydrogens (tertiary/aromatic N) is 1. The van der Waals surface area contributed by atoms with E-state index in [4.69, 9.17) is 21.1 Å². The molecule has 0 aliphatic carbocycles. The summed E-state index contributed by atoms with van der Waals surface area (Å²) in [5.74, 6) is -1.07. The van der Waals surface area contributed by atoms with Crippen LogP contribution in [-0.4, -0.2) is 17.0 Å². The summed E-state index contributed by atoms with van der Waals surface area (Å²) >= 11 is 6.16. The van der Waals surface area contributed by atoms with Crippen molar-refractivity contribution < 1.29 is 19.1 Å². The molecule has 2 N–H and O–H groups in total. The van der Waals surface area contributed by atoms with Crippen LogP contribution in [0.25, 0.3) is 17.4 Å². The van der Waals surface area contributed by atoms with E-state index >= 15 is 0 Å². The Morgan fingerprint density at radius 1 is 1.10 bits per heavy atom. The predicted molar refractivity (Wildman–Crippen MR) is 114 cm³/mol. The van der Waals surface area contributed by atoms with Crippen molar-refractivity contribution in [2.24, 2.45) is 0 Å². The van der Waals surface area contributed by atoms with Gasteiger partial charge in [-0.15, -0.1) is 0 Å². The molecule has 0 unspecified atom stereocenters. The van der Waals surface area contributed by atoms with Gasteiger partial charge in [0, 0.05) is 17.3 Å². The number of carbonyl (C=O) groups excluding carboxylic acids is 1. The molecule has 0 aliphatic heterocycles. The fourth-order valence-corrected chi connectivity index (χ4v) is 3.17. The van der Waals surface area contributed by atoms with Gasteiger partial charge < -0.3 is 14.8 Å². The summed E-state index contributed by atoms with van der Waals surface area (Å²) in [6.45, 7) is 3.83. The second-order valence-electron chi connectivity index (χ2n) is 6.70. The van der Waals surface area contributed by atoms with Crippen LogP contribution < -0.4 is 5.32 Å². The highest BCUT2D eigenvalue weighted by Gasteiger charge is 2.14. The van der Waals surface area contributed by atoms with Crippen LogP contribution in [0.4, 0.5) is 5.69 Å². The third-order valence-corrected chi connectivity index (χ3v) is 4.57. The van der Waals surface area contributed by atoms with Crippen LogP contribution in [0.5, 0.6) is 0 Å². The largest absolute Gasteiger partial charge is 0.478 e. The standard InChI is InChI=1S/C23H17ClN2O4/c1-13-7-14(2)9-17(8-13)26-22(27)16(12-25)10-18-4-6-21(30-18)19-11-15(23(28)29)3-5-20(19)24/h3-11H,1-2H3,(H,26,27)(H,28,29)/b16-10-. The first kappa shape index (κ1) is 20.9. The van der Waals surface area contributed by atoms with Gasteiger partial charge in [0.25, 0.3) is 5.91 Å². The summed E-state index contributed by atoms with van der Waals surface area (Å²) in [7, 11) is 0. The second-order valence-corrected chi connectivity index (χ2v) is 7.11. The Balaban J connectivity index is 1.87. The summed E-state index contributed by atoms with van der Waals surface area (Å²) in [6, 6.07) is 14.9. The van der Waals surface area contributed by atoms with Crippen molar-refractivity contribution in [2.45, 2.75) is 13.8 Å². The molecule has 3 aromatic rings. The molecular formula is C23H17ClN2O4. The smallest absolute Gasteiger partial charge is 0.335 e. The van der Waals surface area contributed by atoms with Crippen LogP contribution in [-0.2, 0) is 4.79 Å². The highest BCUT2D eigenvalue weighted by atomic mass is 35.5. The van der Waals surface area contributed by atoms with E-state index in [1.54, 1.807) is 12.1 Å². The van der Waals surface area contributed by atoms with E-state index in [9.17, 15) is 14.9 Å². The minimum absolute atomic E-state index is 0.0634. The zero-order valence-corrected chi connectivity index (χ0v) is 16.9. The van der Waals surface area contributed by atoms with Gasteiger partial charge in [-0.25, -0.2) is 4.79 Å². The van der Waals surface area contributed by atoms with Crippen LogP contribution in [0.1, 0.15) is 27.2 Å². The highest BCUT2D eigenvalue weighted by Crippen LogP contribution is 2.31. The molecule has 2 aromatic carbocycles. The van der Waals surface area contributed by atoms with Crippen molar-refractivity contribution in [3.63, 3.8) is 0 Å². The summed E-state index contributed by atoms with van der Waals surface area (Å²) < 4.78 is 5.67. The van der Waals surface area contributed by atoms with Crippen LogP contribution in [0.2, 0.25) is 5.02 Å². The van der Waals surface area contributed by atoms with E-state index in [2.05, 4.69) is 5.32 Å². The van der Waals surface area contributed by atoms with E-state index in [1.807, 2.05) is 38.1 Å². The number of hydrogen-bond donors (Lipinski definition) is 2. The maximum Gasteiger partial charge on any atom is 0.335 e. The average molecular weight is 421 g/mol. The normalized spacial score (nSPS) is 11.1. The van der Waals surface area contributed by atoms with Crippen molar-refractivity contribution in [1.82, 2.24) is 0 Å². The quantitative estimate of drug-likeness (QED) is 0.421. The number of furan rings is 1. The molecule has 0 saturated carbocycles. The fourth-order valence-electron chi connectivity index (χ4n) is 2.96. The predicted octanol–water partition coefficient (Wildman–Crippen LogP) is 5.46. The molecule has 0 radical (unpaired) electrons. The van der Waals surface area contributed by atoms with Gasteiger partial charge in [-0.3, -0.25) is 4.79 Å². The molecule has 0 fully saturated rings. The maximum absolute atomic E-state index is 12.5. The SMILES string of the molecule is Cc1cc(C)cc(NC(=O)/C(C#N)=C\c2ccc(-c3cc(C(=O)O)ccc3Cl)o2)c1. The van der Waals surface area contributed by atoms with E-state index in [0.717, 1.165) is 11.1 Å². The highest BCUT2D eigenvalue weighted by molar-refractivity contribution is 6.33. The van der Waals surface area contributed by atoms with Crippen molar-refractivity contribution >= 4 is 35.2 Å². The molecule has 7 heteroatoms. The number of hydrogen-bond acceptors (Lipinski definition) is 4. The number of carbonyl (C=O) groups is 2. The molecule has 1 heterocycles. The molecule has 6 nitrogen and oxygen atoms in total. The molecule has 30 heavy (non-hydrogen) atoms. The van der Waals surface area contributed by atoms with Gasteiger partial charge in [-0.1, -0.05) is 17.7 Å². The Morgan fingerprint density at radius 3 is 2.43 bits per heavy atom. The topological polar surface area (TPSA) is 103 Å². The zero-order chi connectivity index (χ0) is 21.8. The number of nitrogens with one attached hydrogen (secondary N) is 1. The molecule has 0 aliphatic rings. The van der Waals surface area contributed by atoms with Crippen LogP contribution in [0.3, 0.4) is 0 Å². The Labute approximate surface area is 178 Å². The molecule has 1 amide bonds. The molecule has 1 aromatic heterocycles. The van der Waals surface area contributed by atoms with Crippen molar-refractivity contribution in [3.8, 4) is 17.4 Å². The number of anilines is 1. The lowest BCUT2D eigenvalue weighted by Crippen LogP contribution is -2.13. The molecule has 0 bridgehead atoms. The van der Waals surface area contributed by atoms with Gasteiger partial charge in [-0.2, -0.15) is 5.26 Å². The number of rotatable bonds is 5. The first-order valence-corrected chi connectivity index (χ1v) is 9.29. The second kappa shape index (κ2) is 8.68. The lowest BCUT2D eigenvalue weighted by atomic mass is 10.1. The van der Waals surface area contributed by atoms with E-state index in [1.165, 1.54) is 24.3 Å². The Morgan fingerprint density at radius 2 is 1.80 bits per heavy atom.